The van der Waals surface area contributed by atoms with E-state index >= 15 is 0 Å². The molecule has 0 radical (unpaired) electrons. The van der Waals surface area contributed by atoms with Gasteiger partial charge >= 0.3 is 10.1 Å². The zero-order chi connectivity index (χ0) is 21.2. The van der Waals surface area contributed by atoms with Crippen LogP contribution in [0, 0.1) is 13.8 Å². The van der Waals surface area contributed by atoms with Gasteiger partial charge in [0.25, 0.3) is 12.3 Å². The number of ether oxygens (including phenoxy) is 1. The lowest BCUT2D eigenvalue weighted by Gasteiger charge is -2.32. The van der Waals surface area contributed by atoms with Gasteiger partial charge in [0.05, 0.1) is 13.2 Å². The predicted molar refractivity (Wildman–Crippen MR) is 102 cm³/mol. The van der Waals surface area contributed by atoms with E-state index in [1.165, 1.54) is 35.2 Å². The van der Waals surface area contributed by atoms with Gasteiger partial charge in [0.1, 0.15) is 16.7 Å². The van der Waals surface area contributed by atoms with Gasteiger partial charge < -0.3 is 13.8 Å². The minimum Gasteiger partial charge on any atom is -0.379 e. The molecule has 2 aromatic rings. The number of carbonyl (C=O) groups excluding carboxylic acids is 1. The average molecular weight is 425 g/mol. The highest BCUT2D eigenvalue weighted by molar-refractivity contribution is 7.87. The largest absolute Gasteiger partial charge is 0.379 e. The number of hydrogen-bond acceptors (Lipinski definition) is 5. The smallest absolute Gasteiger partial charge is 0.339 e. The molecule has 0 aliphatic carbocycles. The maximum absolute atomic E-state index is 12.8. The summed E-state index contributed by atoms with van der Waals surface area (Å²) in [5.74, 6) is -0.377. The van der Waals surface area contributed by atoms with Crippen LogP contribution in [0.2, 0.25) is 0 Å². The first-order valence-electron chi connectivity index (χ1n) is 8.98. The summed E-state index contributed by atoms with van der Waals surface area (Å²) in [6.45, 7) is 3.50. The van der Waals surface area contributed by atoms with Crippen LogP contribution in [0.1, 0.15) is 21.5 Å². The molecule has 0 N–H and O–H groups in total. The standard InChI is InChI=1S/C20H21F2NO5S/c1-13-3-4-14(2)18(11-13)29(25,26)28-16-7-5-15(6-8-16)20(24)23-9-10-27-17(12-23)19(21)22/h3-8,11,17,19H,9-10,12H2,1-2H3/t17-/m0/s1. The van der Waals surface area contributed by atoms with Gasteiger partial charge in [-0.2, -0.15) is 8.42 Å². The summed E-state index contributed by atoms with van der Waals surface area (Å²) in [6, 6.07) is 10.6. The summed E-state index contributed by atoms with van der Waals surface area (Å²) < 4.78 is 60.9. The van der Waals surface area contributed by atoms with Gasteiger partial charge in [-0.15, -0.1) is 0 Å². The molecule has 1 amide bonds. The van der Waals surface area contributed by atoms with Crippen LogP contribution < -0.4 is 4.18 Å². The van der Waals surface area contributed by atoms with E-state index < -0.39 is 28.6 Å². The molecule has 1 atom stereocenters. The van der Waals surface area contributed by atoms with Gasteiger partial charge in [0, 0.05) is 12.1 Å². The number of hydrogen-bond donors (Lipinski definition) is 0. The van der Waals surface area contributed by atoms with Crippen molar-refractivity contribution in [2.75, 3.05) is 19.7 Å². The van der Waals surface area contributed by atoms with E-state index in [-0.39, 0.29) is 35.9 Å². The third kappa shape index (κ3) is 4.91. The van der Waals surface area contributed by atoms with Crippen molar-refractivity contribution < 1.29 is 30.9 Å². The molecule has 1 aliphatic rings. The number of morpholine rings is 1. The molecular formula is C20H21F2NO5S. The molecule has 6 nitrogen and oxygen atoms in total. The summed E-state index contributed by atoms with van der Waals surface area (Å²) in [5.41, 5.74) is 1.59. The zero-order valence-electron chi connectivity index (χ0n) is 16.0. The topological polar surface area (TPSA) is 72.9 Å². The summed E-state index contributed by atoms with van der Waals surface area (Å²) >= 11 is 0. The number of halogens is 2. The van der Waals surface area contributed by atoms with Crippen molar-refractivity contribution in [1.29, 1.82) is 0 Å². The molecule has 1 fully saturated rings. The van der Waals surface area contributed by atoms with E-state index in [1.54, 1.807) is 26.0 Å². The van der Waals surface area contributed by atoms with Crippen LogP contribution >= 0.6 is 0 Å². The van der Waals surface area contributed by atoms with Crippen molar-refractivity contribution >= 4 is 16.0 Å². The monoisotopic (exact) mass is 425 g/mol. The zero-order valence-corrected chi connectivity index (χ0v) is 16.8. The Kier molecular flexibility index (Phi) is 6.18. The molecule has 0 unspecified atom stereocenters. The first kappa shape index (κ1) is 21.2. The van der Waals surface area contributed by atoms with Crippen LogP contribution in [0.15, 0.2) is 47.4 Å². The van der Waals surface area contributed by atoms with Gasteiger partial charge in [0.15, 0.2) is 0 Å². The molecule has 0 spiro atoms. The maximum atomic E-state index is 12.8. The quantitative estimate of drug-likeness (QED) is 0.688. The Morgan fingerprint density at radius 3 is 2.52 bits per heavy atom. The van der Waals surface area contributed by atoms with Crippen LogP contribution in [0.5, 0.6) is 5.75 Å². The Hall–Kier alpha value is -2.52. The van der Waals surface area contributed by atoms with Crippen LogP contribution in [0.25, 0.3) is 0 Å². The predicted octanol–water partition coefficient (Wildman–Crippen LogP) is 3.18. The van der Waals surface area contributed by atoms with Gasteiger partial charge in [-0.3, -0.25) is 4.79 Å². The van der Waals surface area contributed by atoms with Gasteiger partial charge in [-0.05, 0) is 55.3 Å². The lowest BCUT2D eigenvalue weighted by Crippen LogP contribution is -2.48. The van der Waals surface area contributed by atoms with Crippen molar-refractivity contribution in [1.82, 2.24) is 4.90 Å². The summed E-state index contributed by atoms with van der Waals surface area (Å²) in [5, 5.41) is 0. The minimum absolute atomic E-state index is 0.0377. The van der Waals surface area contributed by atoms with Crippen LogP contribution in [0.3, 0.4) is 0 Å². The second-order valence-corrected chi connectivity index (χ2v) is 8.34. The van der Waals surface area contributed by atoms with Crippen molar-refractivity contribution in [3.8, 4) is 5.75 Å². The van der Waals surface area contributed by atoms with Crippen LogP contribution in [-0.2, 0) is 14.9 Å². The van der Waals surface area contributed by atoms with Gasteiger partial charge in [-0.1, -0.05) is 12.1 Å². The average Bonchev–Trinajstić information content (AvgIpc) is 2.69. The molecular weight excluding hydrogens is 404 g/mol. The molecule has 0 saturated carbocycles. The normalized spacial score (nSPS) is 17.4. The third-order valence-electron chi connectivity index (χ3n) is 4.58. The number of nitrogens with zero attached hydrogens (tertiary/aromatic N) is 1. The lowest BCUT2D eigenvalue weighted by molar-refractivity contribution is -0.0942. The van der Waals surface area contributed by atoms with Crippen molar-refractivity contribution in [2.45, 2.75) is 31.3 Å². The van der Waals surface area contributed by atoms with E-state index in [4.69, 9.17) is 8.92 Å². The number of alkyl halides is 2. The molecule has 1 saturated heterocycles. The van der Waals surface area contributed by atoms with Crippen LogP contribution in [-0.4, -0.2) is 51.5 Å². The van der Waals surface area contributed by atoms with E-state index in [0.29, 0.717) is 5.56 Å². The van der Waals surface area contributed by atoms with E-state index in [2.05, 4.69) is 0 Å². The first-order chi connectivity index (χ1) is 13.7. The number of aryl methyl sites for hydroxylation is 2. The summed E-state index contributed by atoms with van der Waals surface area (Å²) in [4.78, 5) is 13.9. The lowest BCUT2D eigenvalue weighted by atomic mass is 10.1. The molecule has 1 heterocycles. The van der Waals surface area contributed by atoms with Gasteiger partial charge in [-0.25, -0.2) is 8.78 Å². The van der Waals surface area contributed by atoms with Crippen molar-refractivity contribution in [3.63, 3.8) is 0 Å². The molecule has 3 rings (SSSR count). The van der Waals surface area contributed by atoms with Crippen molar-refractivity contribution in [2.24, 2.45) is 0 Å². The highest BCUT2D eigenvalue weighted by Gasteiger charge is 2.30. The van der Waals surface area contributed by atoms with E-state index in [9.17, 15) is 22.0 Å². The Balaban J connectivity index is 1.73. The second-order valence-electron chi connectivity index (χ2n) is 6.83. The molecule has 1 aliphatic heterocycles. The Labute approximate surface area is 168 Å². The molecule has 9 heteroatoms. The molecule has 29 heavy (non-hydrogen) atoms. The fourth-order valence-corrected chi connectivity index (χ4v) is 4.24. The maximum Gasteiger partial charge on any atom is 0.339 e. The van der Waals surface area contributed by atoms with Gasteiger partial charge in [0.2, 0.25) is 0 Å². The molecule has 2 aromatic carbocycles. The third-order valence-corrected chi connectivity index (χ3v) is 5.97. The SMILES string of the molecule is Cc1ccc(C)c(S(=O)(=O)Oc2ccc(C(=O)N3CCO[C@H](C(F)F)C3)cc2)c1. The van der Waals surface area contributed by atoms with E-state index in [0.717, 1.165) is 5.56 Å². The summed E-state index contributed by atoms with van der Waals surface area (Å²) in [7, 11) is -4.03. The minimum atomic E-state index is -4.03. The Morgan fingerprint density at radius 2 is 1.86 bits per heavy atom. The fourth-order valence-electron chi connectivity index (χ4n) is 3.00. The summed E-state index contributed by atoms with van der Waals surface area (Å²) in [6.07, 6.45) is -3.98. The fraction of sp³-hybridized carbons (Fsp3) is 0.350. The number of rotatable bonds is 5. The number of benzene rings is 2. The first-order valence-corrected chi connectivity index (χ1v) is 10.4. The Bertz CT molecular complexity index is 992. The number of carbonyl (C=O) groups is 1. The number of amides is 1. The Morgan fingerprint density at radius 1 is 1.17 bits per heavy atom. The van der Waals surface area contributed by atoms with Crippen molar-refractivity contribution in [3.05, 3.63) is 59.2 Å². The second kappa shape index (κ2) is 8.46. The molecule has 156 valence electrons. The highest BCUT2D eigenvalue weighted by Crippen LogP contribution is 2.23. The molecule has 0 bridgehead atoms. The molecule has 0 aromatic heterocycles. The van der Waals surface area contributed by atoms with E-state index in [1.807, 2.05) is 0 Å². The highest BCUT2D eigenvalue weighted by atomic mass is 32.2. The van der Waals surface area contributed by atoms with Crippen LogP contribution in [0.4, 0.5) is 8.78 Å².